The molecule has 1 aromatic carbocycles. The first-order valence-corrected chi connectivity index (χ1v) is 10.2. The molecule has 2 bridgehead atoms. The van der Waals surface area contributed by atoms with E-state index in [1.165, 1.54) is 4.90 Å². The summed E-state index contributed by atoms with van der Waals surface area (Å²) in [5.41, 5.74) is 2.69. The lowest BCUT2D eigenvalue weighted by Crippen LogP contribution is -2.35. The zero-order valence-corrected chi connectivity index (χ0v) is 16.8. The standard InChI is InChI=1S/C22H26N2O5/c1-12-4-3-5-16(13(12)2)23-17(25)11-29-18(26)8-9-24-21(27)19-14-6-7-15(10-14)20(19)22(24)28/h3-5,14-15,19-20H,6-11H2,1-2H3,(H,23,25)/t14-,15-,19-,20+/m0/s1. The average Bonchev–Trinajstić information content (AvgIpc) is 3.37. The molecule has 3 fully saturated rings. The fourth-order valence-electron chi connectivity index (χ4n) is 5.18. The number of carbonyl (C=O) groups excluding carboxylic acids is 4. The molecule has 1 N–H and O–H groups in total. The van der Waals surface area contributed by atoms with Crippen LogP contribution in [0.25, 0.3) is 0 Å². The van der Waals surface area contributed by atoms with Gasteiger partial charge in [0.2, 0.25) is 11.8 Å². The summed E-state index contributed by atoms with van der Waals surface area (Å²) >= 11 is 0. The highest BCUT2D eigenvalue weighted by Gasteiger charge is 2.60. The molecule has 2 saturated carbocycles. The number of nitrogens with zero attached hydrogens (tertiary/aromatic N) is 1. The van der Waals surface area contributed by atoms with E-state index in [0.717, 1.165) is 30.4 Å². The number of hydrogen-bond acceptors (Lipinski definition) is 5. The first-order valence-electron chi connectivity index (χ1n) is 10.2. The SMILES string of the molecule is Cc1cccc(NC(=O)COC(=O)CCN2C(=O)[C@@H]3[C@H]4CC[C@@H](C4)[C@@H]3C2=O)c1C. The zero-order chi connectivity index (χ0) is 20.7. The summed E-state index contributed by atoms with van der Waals surface area (Å²) in [6, 6.07) is 5.58. The summed E-state index contributed by atoms with van der Waals surface area (Å²) < 4.78 is 5.02. The molecule has 1 aromatic rings. The molecule has 0 radical (unpaired) electrons. The number of carbonyl (C=O) groups is 4. The van der Waals surface area contributed by atoms with Gasteiger partial charge in [-0.15, -0.1) is 0 Å². The topological polar surface area (TPSA) is 92.8 Å². The van der Waals surface area contributed by atoms with Crippen LogP contribution in [-0.4, -0.2) is 41.7 Å². The number of ether oxygens (including phenoxy) is 1. The predicted molar refractivity (Wildman–Crippen MR) is 105 cm³/mol. The molecule has 29 heavy (non-hydrogen) atoms. The average molecular weight is 398 g/mol. The maximum absolute atomic E-state index is 12.6. The molecule has 0 spiro atoms. The van der Waals surface area contributed by atoms with E-state index in [9.17, 15) is 19.2 Å². The number of benzene rings is 1. The van der Waals surface area contributed by atoms with E-state index in [1.54, 1.807) is 6.07 Å². The van der Waals surface area contributed by atoms with Crippen molar-refractivity contribution in [2.24, 2.45) is 23.7 Å². The maximum Gasteiger partial charge on any atom is 0.308 e. The van der Waals surface area contributed by atoms with Gasteiger partial charge >= 0.3 is 5.97 Å². The van der Waals surface area contributed by atoms with Gasteiger partial charge in [0.05, 0.1) is 18.3 Å². The molecule has 1 saturated heterocycles. The van der Waals surface area contributed by atoms with Crippen LogP contribution in [0.2, 0.25) is 0 Å². The predicted octanol–water partition coefficient (Wildman–Crippen LogP) is 2.21. The lowest BCUT2D eigenvalue weighted by atomic mass is 9.81. The van der Waals surface area contributed by atoms with Crippen molar-refractivity contribution in [3.05, 3.63) is 29.3 Å². The van der Waals surface area contributed by atoms with Crippen LogP contribution < -0.4 is 5.32 Å². The number of imide groups is 1. The van der Waals surface area contributed by atoms with Gasteiger partial charge < -0.3 is 10.1 Å². The molecular formula is C22H26N2O5. The van der Waals surface area contributed by atoms with Gasteiger partial charge in [0, 0.05) is 12.2 Å². The minimum Gasteiger partial charge on any atom is -0.456 e. The van der Waals surface area contributed by atoms with Crippen LogP contribution in [0.3, 0.4) is 0 Å². The summed E-state index contributed by atoms with van der Waals surface area (Å²) in [5.74, 6) is -0.992. The number of amides is 3. The van der Waals surface area contributed by atoms with Crippen LogP contribution in [-0.2, 0) is 23.9 Å². The van der Waals surface area contributed by atoms with E-state index < -0.39 is 18.5 Å². The largest absolute Gasteiger partial charge is 0.456 e. The first kappa shape index (κ1) is 19.6. The van der Waals surface area contributed by atoms with Crippen LogP contribution in [0.4, 0.5) is 5.69 Å². The van der Waals surface area contributed by atoms with Crippen molar-refractivity contribution >= 4 is 29.4 Å². The number of esters is 1. The molecule has 4 atom stereocenters. The van der Waals surface area contributed by atoms with E-state index >= 15 is 0 Å². The monoisotopic (exact) mass is 398 g/mol. The Morgan fingerprint density at radius 1 is 1.10 bits per heavy atom. The van der Waals surface area contributed by atoms with Crippen molar-refractivity contribution < 1.29 is 23.9 Å². The van der Waals surface area contributed by atoms with E-state index in [4.69, 9.17) is 4.74 Å². The van der Waals surface area contributed by atoms with Crippen molar-refractivity contribution in [3.63, 3.8) is 0 Å². The molecular weight excluding hydrogens is 372 g/mol. The lowest BCUT2D eigenvalue weighted by Gasteiger charge is -2.19. The van der Waals surface area contributed by atoms with Gasteiger partial charge in [-0.2, -0.15) is 0 Å². The van der Waals surface area contributed by atoms with Gasteiger partial charge in [0.25, 0.3) is 5.91 Å². The van der Waals surface area contributed by atoms with Crippen LogP contribution in [0, 0.1) is 37.5 Å². The highest BCUT2D eigenvalue weighted by Crippen LogP contribution is 2.56. The molecule has 0 unspecified atom stereocenters. The van der Waals surface area contributed by atoms with Crippen LogP contribution in [0.15, 0.2) is 18.2 Å². The third-order valence-corrected chi connectivity index (χ3v) is 6.80. The Bertz CT molecular complexity index is 852. The number of likely N-dealkylation sites (tertiary alicyclic amines) is 1. The molecule has 3 amide bonds. The van der Waals surface area contributed by atoms with Gasteiger partial charge in [0.1, 0.15) is 0 Å². The second kappa shape index (κ2) is 7.61. The molecule has 154 valence electrons. The summed E-state index contributed by atoms with van der Waals surface area (Å²) in [5, 5.41) is 2.73. The fourth-order valence-corrected chi connectivity index (χ4v) is 5.18. The number of rotatable bonds is 6. The van der Waals surface area contributed by atoms with Gasteiger partial charge in [0.15, 0.2) is 6.61 Å². The second-order valence-corrected chi connectivity index (χ2v) is 8.42. The highest BCUT2D eigenvalue weighted by atomic mass is 16.5. The van der Waals surface area contributed by atoms with Gasteiger partial charge in [-0.05, 0) is 62.1 Å². The van der Waals surface area contributed by atoms with E-state index in [2.05, 4.69) is 5.32 Å². The van der Waals surface area contributed by atoms with Crippen molar-refractivity contribution in [1.29, 1.82) is 0 Å². The van der Waals surface area contributed by atoms with E-state index in [1.807, 2.05) is 26.0 Å². The van der Waals surface area contributed by atoms with Crippen LogP contribution in [0.1, 0.15) is 36.8 Å². The van der Waals surface area contributed by atoms with Gasteiger partial charge in [-0.1, -0.05) is 12.1 Å². The van der Waals surface area contributed by atoms with Crippen LogP contribution >= 0.6 is 0 Å². The quantitative estimate of drug-likeness (QED) is 0.586. The summed E-state index contributed by atoms with van der Waals surface area (Å²) in [4.78, 5) is 50.5. The molecule has 1 aliphatic heterocycles. The molecule has 4 rings (SSSR count). The molecule has 2 aliphatic carbocycles. The van der Waals surface area contributed by atoms with Gasteiger partial charge in [-0.25, -0.2) is 0 Å². The fraction of sp³-hybridized carbons (Fsp3) is 0.545. The zero-order valence-electron chi connectivity index (χ0n) is 16.8. The molecule has 0 aromatic heterocycles. The highest BCUT2D eigenvalue weighted by molar-refractivity contribution is 6.06. The van der Waals surface area contributed by atoms with Crippen LogP contribution in [0.5, 0.6) is 0 Å². The summed E-state index contributed by atoms with van der Waals surface area (Å²) in [7, 11) is 0. The van der Waals surface area contributed by atoms with E-state index in [-0.39, 0.29) is 36.6 Å². The summed E-state index contributed by atoms with van der Waals surface area (Å²) in [6.07, 6.45) is 2.94. The number of nitrogens with one attached hydrogen (secondary N) is 1. The Hall–Kier alpha value is -2.70. The Morgan fingerprint density at radius 2 is 1.76 bits per heavy atom. The molecule has 7 heteroatoms. The second-order valence-electron chi connectivity index (χ2n) is 8.42. The van der Waals surface area contributed by atoms with Crippen molar-refractivity contribution in [2.45, 2.75) is 39.5 Å². The first-order chi connectivity index (χ1) is 13.9. The minimum absolute atomic E-state index is 0.0293. The van der Waals surface area contributed by atoms with E-state index in [0.29, 0.717) is 17.5 Å². The third-order valence-electron chi connectivity index (χ3n) is 6.80. The third kappa shape index (κ3) is 3.54. The minimum atomic E-state index is -0.596. The summed E-state index contributed by atoms with van der Waals surface area (Å²) in [6.45, 7) is 3.49. The Labute approximate surface area is 169 Å². The normalized spacial score (nSPS) is 27.3. The lowest BCUT2D eigenvalue weighted by molar-refractivity contribution is -0.149. The van der Waals surface area contributed by atoms with Crippen molar-refractivity contribution in [1.82, 2.24) is 4.90 Å². The number of fused-ring (bicyclic) bond motifs is 5. The van der Waals surface area contributed by atoms with Crippen molar-refractivity contribution in [3.8, 4) is 0 Å². The Balaban J connectivity index is 1.24. The maximum atomic E-state index is 12.6. The Kier molecular flexibility index (Phi) is 5.15. The number of hydrogen-bond donors (Lipinski definition) is 1. The van der Waals surface area contributed by atoms with Gasteiger partial charge in [-0.3, -0.25) is 24.1 Å². The molecule has 3 aliphatic rings. The molecule has 7 nitrogen and oxygen atoms in total. The molecule has 1 heterocycles. The number of anilines is 1. The number of aryl methyl sites for hydroxylation is 1. The smallest absolute Gasteiger partial charge is 0.308 e. The Morgan fingerprint density at radius 3 is 2.41 bits per heavy atom. The van der Waals surface area contributed by atoms with Crippen molar-refractivity contribution in [2.75, 3.05) is 18.5 Å².